The highest BCUT2D eigenvalue weighted by Gasteiger charge is 2.08. The van der Waals surface area contributed by atoms with Crippen molar-refractivity contribution < 1.29 is 9.90 Å². The van der Waals surface area contributed by atoms with E-state index in [0.29, 0.717) is 5.52 Å². The lowest BCUT2D eigenvalue weighted by Gasteiger charge is -2.11. The molecule has 0 saturated carbocycles. The van der Waals surface area contributed by atoms with Crippen LogP contribution in [0, 0.1) is 0 Å². The normalized spacial score (nSPS) is 10.9. The summed E-state index contributed by atoms with van der Waals surface area (Å²) in [5.74, 6) is -0.745. The second-order valence-electron chi connectivity index (χ2n) is 7.17. The highest BCUT2D eigenvalue weighted by molar-refractivity contribution is 6.05. The zero-order chi connectivity index (χ0) is 21.0. The van der Waals surface area contributed by atoms with Gasteiger partial charge in [-0.2, -0.15) is 0 Å². The molecule has 0 aliphatic rings. The molecule has 3 N–H and O–H groups in total. The monoisotopic (exact) mass is 391 g/mol. The Kier molecular flexibility index (Phi) is 6.14. The minimum Gasteiger partial charge on any atom is -0.481 e. The Morgan fingerprint density at radius 2 is 1.76 bits per heavy atom. The average molecular weight is 391 g/mol. The van der Waals surface area contributed by atoms with Crippen LogP contribution < -0.4 is 5.56 Å². The first-order valence-electron chi connectivity index (χ1n) is 9.48. The van der Waals surface area contributed by atoms with Crippen LogP contribution >= 0.6 is 0 Å². The number of benzene rings is 2. The number of aromatic nitrogens is 2. The molecule has 0 saturated heterocycles. The number of carbonyl (C=O) groups is 1. The molecule has 0 radical (unpaired) electrons. The summed E-state index contributed by atoms with van der Waals surface area (Å²) in [7, 11) is 4.14. The molecular formula is C23H25N3O3. The first kappa shape index (κ1) is 20.4. The van der Waals surface area contributed by atoms with Crippen LogP contribution in [0.15, 0.2) is 59.5 Å². The fraction of sp³-hybridized carbons (Fsp3) is 0.217. The fourth-order valence-electron chi connectivity index (χ4n) is 3.24. The van der Waals surface area contributed by atoms with E-state index in [9.17, 15) is 9.59 Å². The maximum absolute atomic E-state index is 12.1. The highest BCUT2D eigenvalue weighted by Crippen LogP contribution is 2.27. The largest absolute Gasteiger partial charge is 0.481 e. The number of hydrogen-bond acceptors (Lipinski definition) is 3. The summed E-state index contributed by atoms with van der Waals surface area (Å²) in [6.07, 6.45) is 2.03. The van der Waals surface area contributed by atoms with E-state index < -0.39 is 5.97 Å². The van der Waals surface area contributed by atoms with Crippen LogP contribution in [0.4, 0.5) is 0 Å². The van der Waals surface area contributed by atoms with E-state index in [1.165, 1.54) is 11.1 Å². The molecule has 150 valence electrons. The van der Waals surface area contributed by atoms with E-state index in [0.717, 1.165) is 28.4 Å². The summed E-state index contributed by atoms with van der Waals surface area (Å²) in [6.45, 7) is 2.51. The van der Waals surface area contributed by atoms with E-state index in [4.69, 9.17) is 5.11 Å². The van der Waals surface area contributed by atoms with Gasteiger partial charge in [-0.3, -0.25) is 9.59 Å². The first-order valence-corrected chi connectivity index (χ1v) is 9.48. The number of aromatic amines is 2. The van der Waals surface area contributed by atoms with Crippen LogP contribution in [0.25, 0.3) is 32.9 Å². The third-order valence-corrected chi connectivity index (χ3v) is 4.59. The van der Waals surface area contributed by atoms with Crippen molar-refractivity contribution in [1.82, 2.24) is 14.9 Å². The van der Waals surface area contributed by atoms with E-state index in [1.807, 2.05) is 18.3 Å². The molecule has 0 unspecified atom stereocenters. The Morgan fingerprint density at radius 1 is 1.03 bits per heavy atom. The Hall–Kier alpha value is -3.38. The van der Waals surface area contributed by atoms with Gasteiger partial charge in [-0.1, -0.05) is 31.2 Å². The Morgan fingerprint density at radius 3 is 2.45 bits per heavy atom. The van der Waals surface area contributed by atoms with Gasteiger partial charge < -0.3 is 20.0 Å². The minimum absolute atomic E-state index is 0.0803. The third-order valence-electron chi connectivity index (χ3n) is 4.59. The van der Waals surface area contributed by atoms with Crippen molar-refractivity contribution in [3.8, 4) is 11.1 Å². The van der Waals surface area contributed by atoms with Crippen LogP contribution in [0.2, 0.25) is 0 Å². The smallest absolute Gasteiger partial charge is 0.303 e. The minimum atomic E-state index is -0.745. The highest BCUT2D eigenvalue weighted by atomic mass is 16.4. The van der Waals surface area contributed by atoms with Crippen molar-refractivity contribution >= 4 is 27.8 Å². The summed E-state index contributed by atoms with van der Waals surface area (Å²) in [5.41, 5.74) is 5.03. The maximum atomic E-state index is 12.1. The van der Waals surface area contributed by atoms with E-state index in [-0.39, 0.29) is 12.0 Å². The van der Waals surface area contributed by atoms with Gasteiger partial charge in [0.25, 0.3) is 5.56 Å². The van der Waals surface area contributed by atoms with Gasteiger partial charge in [0.2, 0.25) is 0 Å². The zero-order valence-corrected chi connectivity index (χ0v) is 16.8. The van der Waals surface area contributed by atoms with Gasteiger partial charge in [0, 0.05) is 35.5 Å². The second-order valence-corrected chi connectivity index (χ2v) is 7.17. The summed E-state index contributed by atoms with van der Waals surface area (Å²) >= 11 is 0. The van der Waals surface area contributed by atoms with Gasteiger partial charge in [-0.05, 0) is 55.1 Å². The summed E-state index contributed by atoms with van der Waals surface area (Å²) < 4.78 is 0. The van der Waals surface area contributed by atoms with Crippen molar-refractivity contribution in [3.05, 3.63) is 70.6 Å². The first-order chi connectivity index (χ1) is 13.9. The summed E-state index contributed by atoms with van der Waals surface area (Å²) in [5, 5.41) is 9.74. The number of fused-ring (bicyclic) bond motifs is 3. The fourth-order valence-corrected chi connectivity index (χ4v) is 3.24. The van der Waals surface area contributed by atoms with Crippen molar-refractivity contribution in [2.24, 2.45) is 0 Å². The molecule has 0 fully saturated rings. The second kappa shape index (κ2) is 8.75. The number of carboxylic acids is 1. The molecule has 2 heterocycles. The van der Waals surface area contributed by atoms with Gasteiger partial charge >= 0.3 is 5.97 Å². The molecule has 0 spiro atoms. The number of nitrogens with zero attached hydrogens (tertiary/aromatic N) is 1. The van der Waals surface area contributed by atoms with Crippen molar-refractivity contribution in [1.29, 1.82) is 0 Å². The lowest BCUT2D eigenvalue weighted by Crippen LogP contribution is -2.10. The standard InChI is InChI=1S/C20H19N3O.C3H6O2/c1-23(2)12-13-4-3-5-14(10-13)15-6-7-18-17(11-15)16-8-9-21-19(16)20(24)22-18;1-2-3(4)5/h3-11,21H,12H2,1-2H3,(H,22,24);2H2,1H3,(H,4,5). The molecular weight excluding hydrogens is 366 g/mol. The Labute approximate surface area is 168 Å². The van der Waals surface area contributed by atoms with Crippen LogP contribution in [0.3, 0.4) is 0 Å². The van der Waals surface area contributed by atoms with Crippen molar-refractivity contribution in [2.75, 3.05) is 14.1 Å². The molecule has 29 heavy (non-hydrogen) atoms. The van der Waals surface area contributed by atoms with Gasteiger partial charge in [0.1, 0.15) is 5.52 Å². The molecule has 6 nitrogen and oxygen atoms in total. The molecule has 6 heteroatoms. The lowest BCUT2D eigenvalue weighted by atomic mass is 10.00. The van der Waals surface area contributed by atoms with Gasteiger partial charge in [-0.25, -0.2) is 0 Å². The van der Waals surface area contributed by atoms with Crippen LogP contribution in [-0.2, 0) is 11.3 Å². The number of aliphatic carboxylic acids is 1. The number of hydrogen-bond donors (Lipinski definition) is 3. The maximum Gasteiger partial charge on any atom is 0.303 e. The Balaban J connectivity index is 0.000000431. The molecule has 0 bridgehead atoms. The zero-order valence-electron chi connectivity index (χ0n) is 16.8. The van der Waals surface area contributed by atoms with E-state index in [2.05, 4.69) is 65.4 Å². The average Bonchev–Trinajstić information content (AvgIpc) is 3.19. The quantitative estimate of drug-likeness (QED) is 0.486. The van der Waals surface area contributed by atoms with E-state index >= 15 is 0 Å². The molecule has 0 aliphatic heterocycles. The number of rotatable bonds is 4. The third kappa shape index (κ3) is 4.73. The number of nitrogens with one attached hydrogen (secondary N) is 2. The predicted octanol–water partition coefficient (Wildman–Crippen LogP) is 4.22. The molecule has 0 aliphatic carbocycles. The van der Waals surface area contributed by atoms with Gasteiger partial charge in [-0.15, -0.1) is 0 Å². The van der Waals surface area contributed by atoms with Crippen LogP contribution in [0.1, 0.15) is 18.9 Å². The molecule has 0 atom stereocenters. The van der Waals surface area contributed by atoms with Gasteiger partial charge in [0.05, 0.1) is 0 Å². The van der Waals surface area contributed by atoms with Crippen molar-refractivity contribution in [2.45, 2.75) is 19.9 Å². The summed E-state index contributed by atoms with van der Waals surface area (Å²) in [4.78, 5) is 29.6. The topological polar surface area (TPSA) is 89.2 Å². The van der Waals surface area contributed by atoms with Crippen LogP contribution in [-0.4, -0.2) is 40.0 Å². The van der Waals surface area contributed by atoms with Crippen molar-refractivity contribution in [3.63, 3.8) is 0 Å². The number of carboxylic acid groups (broad SMARTS) is 1. The number of pyridine rings is 1. The van der Waals surface area contributed by atoms with E-state index in [1.54, 1.807) is 6.92 Å². The molecule has 2 aromatic carbocycles. The Bertz CT molecular complexity index is 1200. The summed E-state index contributed by atoms with van der Waals surface area (Å²) in [6, 6.07) is 16.7. The predicted molar refractivity (Wildman–Crippen MR) is 117 cm³/mol. The lowest BCUT2D eigenvalue weighted by molar-refractivity contribution is -0.136. The molecule has 0 amide bonds. The molecule has 2 aromatic heterocycles. The van der Waals surface area contributed by atoms with Crippen LogP contribution in [0.5, 0.6) is 0 Å². The van der Waals surface area contributed by atoms with Gasteiger partial charge in [0.15, 0.2) is 0 Å². The SMILES string of the molecule is CCC(=O)O.CN(C)Cc1cccc(-c2ccc3[nH]c(=O)c4[nH]ccc4c3c2)c1. The molecule has 4 rings (SSSR count). The number of H-pyrrole nitrogens is 2. The molecule has 4 aromatic rings.